The van der Waals surface area contributed by atoms with Gasteiger partial charge in [0.2, 0.25) is 0 Å². The predicted molar refractivity (Wildman–Crippen MR) is 132 cm³/mol. The Morgan fingerprint density at radius 3 is 2.80 bits per heavy atom. The Bertz CT molecular complexity index is 1340. The first-order valence-corrected chi connectivity index (χ1v) is 11.9. The Hall–Kier alpha value is -3.56. The number of pyridine rings is 1. The van der Waals surface area contributed by atoms with Crippen molar-refractivity contribution in [3.8, 4) is 5.75 Å². The highest BCUT2D eigenvalue weighted by molar-refractivity contribution is 5.79. The second-order valence-corrected chi connectivity index (χ2v) is 9.12. The van der Waals surface area contributed by atoms with Crippen LogP contribution < -0.4 is 10.3 Å². The number of hydrogen-bond donors (Lipinski definition) is 1. The van der Waals surface area contributed by atoms with Crippen molar-refractivity contribution in [2.24, 2.45) is 0 Å². The molecular formula is C26H30N6O3. The first kappa shape index (κ1) is 23.2. The van der Waals surface area contributed by atoms with Crippen molar-refractivity contribution in [3.63, 3.8) is 0 Å². The molecule has 1 aliphatic heterocycles. The number of nitrogens with zero attached hydrogens (tertiary/aromatic N) is 5. The van der Waals surface area contributed by atoms with E-state index in [2.05, 4.69) is 38.4 Å². The monoisotopic (exact) mass is 474 g/mol. The van der Waals surface area contributed by atoms with E-state index in [0.29, 0.717) is 26.2 Å². The zero-order valence-electron chi connectivity index (χ0n) is 20.1. The highest BCUT2D eigenvalue weighted by Crippen LogP contribution is 2.19. The molecular weight excluding hydrogens is 444 g/mol. The number of aryl methyl sites for hydroxylation is 1. The third kappa shape index (κ3) is 5.58. The molecule has 1 saturated heterocycles. The van der Waals surface area contributed by atoms with Crippen LogP contribution in [0.1, 0.15) is 35.4 Å². The maximum absolute atomic E-state index is 12.9. The lowest BCUT2D eigenvalue weighted by atomic mass is 10.1. The largest absolute Gasteiger partial charge is 0.497 e. The van der Waals surface area contributed by atoms with Gasteiger partial charge in [-0.1, -0.05) is 23.8 Å². The van der Waals surface area contributed by atoms with E-state index in [1.807, 2.05) is 42.5 Å². The van der Waals surface area contributed by atoms with Crippen LogP contribution in [0.5, 0.6) is 5.75 Å². The zero-order chi connectivity index (χ0) is 24.2. The van der Waals surface area contributed by atoms with Crippen molar-refractivity contribution in [2.45, 2.75) is 45.5 Å². The number of hydrogen-bond acceptors (Lipinski definition) is 7. The fourth-order valence-corrected chi connectivity index (χ4v) is 4.55. The molecule has 35 heavy (non-hydrogen) atoms. The van der Waals surface area contributed by atoms with Gasteiger partial charge in [-0.3, -0.25) is 9.69 Å². The molecule has 1 N–H and O–H groups in total. The van der Waals surface area contributed by atoms with E-state index in [1.165, 1.54) is 0 Å². The number of nitrogens with one attached hydrogen (secondary N) is 1. The van der Waals surface area contributed by atoms with Gasteiger partial charge < -0.3 is 14.5 Å². The molecule has 1 aliphatic rings. The minimum Gasteiger partial charge on any atom is -0.497 e. The highest BCUT2D eigenvalue weighted by Gasteiger charge is 2.22. The van der Waals surface area contributed by atoms with Crippen LogP contribution in [0.2, 0.25) is 0 Å². The smallest absolute Gasteiger partial charge is 0.252 e. The summed E-state index contributed by atoms with van der Waals surface area (Å²) in [6.45, 7) is 5.08. The number of H-pyrrole nitrogens is 1. The summed E-state index contributed by atoms with van der Waals surface area (Å²) < 4.78 is 13.0. The number of aromatic amines is 1. The van der Waals surface area contributed by atoms with Gasteiger partial charge in [0.05, 0.1) is 26.3 Å². The summed E-state index contributed by atoms with van der Waals surface area (Å²) in [6, 6.07) is 15.9. The third-order valence-electron chi connectivity index (χ3n) is 6.42. The van der Waals surface area contributed by atoms with Crippen molar-refractivity contribution in [3.05, 3.63) is 81.4 Å². The number of tetrazole rings is 1. The van der Waals surface area contributed by atoms with E-state index in [-0.39, 0.29) is 11.7 Å². The summed E-state index contributed by atoms with van der Waals surface area (Å²) in [7, 11) is 1.65. The first-order valence-electron chi connectivity index (χ1n) is 11.9. The predicted octanol–water partition coefficient (Wildman–Crippen LogP) is 3.06. The number of methoxy groups -OCH3 is 1. The van der Waals surface area contributed by atoms with E-state index < -0.39 is 0 Å². The molecule has 2 aromatic carbocycles. The molecule has 0 aliphatic carbocycles. The van der Waals surface area contributed by atoms with E-state index >= 15 is 0 Å². The first-order chi connectivity index (χ1) is 17.1. The highest BCUT2D eigenvalue weighted by atomic mass is 16.5. The molecule has 4 aromatic rings. The summed E-state index contributed by atoms with van der Waals surface area (Å²) in [4.78, 5) is 18.1. The van der Waals surface area contributed by atoms with Crippen molar-refractivity contribution in [2.75, 3.05) is 20.3 Å². The lowest BCUT2D eigenvalue weighted by Gasteiger charge is -2.24. The second-order valence-electron chi connectivity index (χ2n) is 9.12. The van der Waals surface area contributed by atoms with Gasteiger partial charge in [0.15, 0.2) is 5.82 Å². The van der Waals surface area contributed by atoms with Crippen molar-refractivity contribution < 1.29 is 9.47 Å². The van der Waals surface area contributed by atoms with Gasteiger partial charge in [-0.2, -0.15) is 0 Å². The Kier molecular flexibility index (Phi) is 6.87. The van der Waals surface area contributed by atoms with Crippen LogP contribution in [0.3, 0.4) is 0 Å². The average molecular weight is 475 g/mol. The minimum atomic E-state index is -0.0727. The molecule has 1 fully saturated rings. The lowest BCUT2D eigenvalue weighted by molar-refractivity contribution is 0.0663. The molecule has 0 radical (unpaired) electrons. The number of benzene rings is 2. The van der Waals surface area contributed by atoms with E-state index in [9.17, 15) is 4.79 Å². The Morgan fingerprint density at radius 1 is 1.17 bits per heavy atom. The fourth-order valence-electron chi connectivity index (χ4n) is 4.55. The summed E-state index contributed by atoms with van der Waals surface area (Å²) in [5.74, 6) is 1.55. The lowest BCUT2D eigenvalue weighted by Crippen LogP contribution is -2.34. The maximum Gasteiger partial charge on any atom is 0.252 e. The SMILES string of the molecule is COc1ccc(Cn2nnnc2CN(Cc2cc3cc(C)ccc3[nH]c2=O)C[C@@H]2CCCO2)cc1. The van der Waals surface area contributed by atoms with Gasteiger partial charge in [0, 0.05) is 30.8 Å². The van der Waals surface area contributed by atoms with Crippen LogP contribution >= 0.6 is 0 Å². The van der Waals surface area contributed by atoms with E-state index in [4.69, 9.17) is 9.47 Å². The van der Waals surface area contributed by atoms with Gasteiger partial charge in [0.25, 0.3) is 5.56 Å². The van der Waals surface area contributed by atoms with Crippen LogP contribution in [0, 0.1) is 6.92 Å². The minimum absolute atomic E-state index is 0.0727. The number of rotatable bonds is 9. The van der Waals surface area contributed by atoms with E-state index in [0.717, 1.165) is 58.6 Å². The van der Waals surface area contributed by atoms with Crippen molar-refractivity contribution in [1.82, 2.24) is 30.1 Å². The number of fused-ring (bicyclic) bond motifs is 1. The molecule has 0 bridgehead atoms. The molecule has 0 saturated carbocycles. The molecule has 9 heteroatoms. The summed E-state index contributed by atoms with van der Waals surface area (Å²) >= 11 is 0. The summed E-state index contributed by atoms with van der Waals surface area (Å²) in [5.41, 5.74) is 3.72. The Morgan fingerprint density at radius 2 is 2.03 bits per heavy atom. The Balaban J connectivity index is 1.38. The molecule has 0 spiro atoms. The van der Waals surface area contributed by atoms with Crippen molar-refractivity contribution >= 4 is 10.9 Å². The van der Waals surface area contributed by atoms with Crippen LogP contribution in [0.15, 0.2) is 53.3 Å². The van der Waals surface area contributed by atoms with Gasteiger partial charge in [0.1, 0.15) is 5.75 Å². The molecule has 1 atom stereocenters. The van der Waals surface area contributed by atoms with Crippen LogP contribution in [0.25, 0.3) is 10.9 Å². The average Bonchev–Trinajstić information content (AvgIpc) is 3.52. The molecule has 2 aromatic heterocycles. The third-order valence-corrected chi connectivity index (χ3v) is 6.42. The summed E-state index contributed by atoms with van der Waals surface area (Å²) in [6.07, 6.45) is 2.21. The zero-order valence-corrected chi connectivity index (χ0v) is 20.1. The molecule has 5 rings (SSSR count). The van der Waals surface area contributed by atoms with Gasteiger partial charge in [-0.25, -0.2) is 4.68 Å². The van der Waals surface area contributed by atoms with Gasteiger partial charge in [-0.15, -0.1) is 5.10 Å². The normalized spacial score (nSPS) is 15.8. The fraction of sp³-hybridized carbons (Fsp3) is 0.385. The Labute approximate surface area is 203 Å². The molecule has 9 nitrogen and oxygen atoms in total. The second kappa shape index (κ2) is 10.4. The van der Waals surface area contributed by atoms with Gasteiger partial charge >= 0.3 is 0 Å². The molecule has 182 valence electrons. The maximum atomic E-state index is 12.9. The molecule has 0 unspecified atom stereocenters. The summed E-state index contributed by atoms with van der Waals surface area (Å²) in [5, 5.41) is 13.5. The standard InChI is InChI=1S/C26H30N6O3/c1-18-5-10-24-20(12-18)13-21(26(33)27-24)15-31(16-23-4-3-11-35-23)17-25-28-29-30-32(25)14-19-6-8-22(34-2)9-7-19/h5-10,12-13,23H,3-4,11,14-17H2,1-2H3,(H,27,33)/t23-/m0/s1. The van der Waals surface area contributed by atoms with Crippen LogP contribution in [-0.2, 0) is 24.4 Å². The quantitative estimate of drug-likeness (QED) is 0.398. The number of aromatic nitrogens is 5. The van der Waals surface area contributed by atoms with Crippen molar-refractivity contribution in [1.29, 1.82) is 0 Å². The van der Waals surface area contributed by atoms with Gasteiger partial charge in [-0.05, 0) is 71.5 Å². The topological polar surface area (TPSA) is 98.2 Å². The number of ether oxygens (including phenoxy) is 2. The molecule has 3 heterocycles. The molecule has 0 amide bonds. The van der Waals surface area contributed by atoms with E-state index in [1.54, 1.807) is 11.8 Å². The van der Waals surface area contributed by atoms with Crippen LogP contribution in [0.4, 0.5) is 0 Å². The van der Waals surface area contributed by atoms with Crippen LogP contribution in [-0.4, -0.2) is 56.5 Å².